The number of primary amides is 1. The lowest BCUT2D eigenvalue weighted by Gasteiger charge is -2.27. The molecule has 0 aliphatic heterocycles. The van der Waals surface area contributed by atoms with Crippen molar-refractivity contribution in [3.8, 4) is 0 Å². The Morgan fingerprint density at radius 1 is 1.43 bits per heavy atom. The first-order valence-corrected chi connectivity index (χ1v) is 5.67. The monoisotopic (exact) mass is 198 g/mol. The van der Waals surface area contributed by atoms with Crippen molar-refractivity contribution in [3.63, 3.8) is 0 Å². The van der Waals surface area contributed by atoms with Gasteiger partial charge in [-0.2, -0.15) is 0 Å². The number of hydrogen-bond donors (Lipinski definition) is 1. The number of carbonyl (C=O) groups excluding carboxylic acids is 1. The SMILES string of the molecule is CC(C)CCN(C(N)=O)C1CCCC1. The van der Waals surface area contributed by atoms with E-state index >= 15 is 0 Å². The highest BCUT2D eigenvalue weighted by atomic mass is 16.2. The van der Waals surface area contributed by atoms with E-state index in [4.69, 9.17) is 5.73 Å². The van der Waals surface area contributed by atoms with Crippen molar-refractivity contribution in [2.24, 2.45) is 11.7 Å². The Labute approximate surface area is 86.6 Å². The molecule has 3 nitrogen and oxygen atoms in total. The molecule has 0 saturated heterocycles. The molecule has 14 heavy (non-hydrogen) atoms. The van der Waals surface area contributed by atoms with E-state index in [1.807, 2.05) is 4.90 Å². The summed E-state index contributed by atoms with van der Waals surface area (Å²) in [6, 6.07) is 0.184. The van der Waals surface area contributed by atoms with Crippen molar-refractivity contribution in [3.05, 3.63) is 0 Å². The van der Waals surface area contributed by atoms with E-state index < -0.39 is 0 Å². The van der Waals surface area contributed by atoms with E-state index in [9.17, 15) is 4.79 Å². The van der Waals surface area contributed by atoms with E-state index in [2.05, 4.69) is 13.8 Å². The fraction of sp³-hybridized carbons (Fsp3) is 0.909. The molecule has 1 fully saturated rings. The Kier molecular flexibility index (Phi) is 4.23. The number of amides is 2. The summed E-state index contributed by atoms with van der Waals surface area (Å²) in [6.07, 6.45) is 5.83. The number of urea groups is 1. The molecule has 1 aliphatic rings. The maximum atomic E-state index is 11.2. The zero-order valence-corrected chi connectivity index (χ0v) is 9.33. The summed E-state index contributed by atoms with van der Waals surface area (Å²) in [4.78, 5) is 13.1. The topological polar surface area (TPSA) is 46.3 Å². The van der Waals surface area contributed by atoms with E-state index in [1.54, 1.807) is 0 Å². The first kappa shape index (κ1) is 11.3. The third kappa shape index (κ3) is 3.20. The van der Waals surface area contributed by atoms with Crippen LogP contribution in [0.3, 0.4) is 0 Å². The highest BCUT2D eigenvalue weighted by molar-refractivity contribution is 5.72. The molecule has 1 rings (SSSR count). The molecule has 1 saturated carbocycles. The van der Waals surface area contributed by atoms with Gasteiger partial charge < -0.3 is 10.6 Å². The van der Waals surface area contributed by atoms with Crippen molar-refractivity contribution in [2.75, 3.05) is 6.54 Å². The summed E-state index contributed by atoms with van der Waals surface area (Å²) < 4.78 is 0. The number of carbonyl (C=O) groups is 1. The zero-order chi connectivity index (χ0) is 10.6. The molecule has 0 radical (unpaired) electrons. The molecule has 1 aliphatic carbocycles. The molecule has 0 bridgehead atoms. The van der Waals surface area contributed by atoms with Crippen molar-refractivity contribution < 1.29 is 4.79 Å². The molecule has 0 aromatic heterocycles. The molecule has 0 aromatic rings. The van der Waals surface area contributed by atoms with E-state index in [1.165, 1.54) is 12.8 Å². The number of rotatable bonds is 4. The van der Waals surface area contributed by atoms with Gasteiger partial charge in [0.15, 0.2) is 0 Å². The van der Waals surface area contributed by atoms with Crippen molar-refractivity contribution in [1.82, 2.24) is 4.90 Å². The van der Waals surface area contributed by atoms with Gasteiger partial charge >= 0.3 is 6.03 Å². The summed E-state index contributed by atoms with van der Waals surface area (Å²) in [5.74, 6) is 0.637. The second-order valence-electron chi connectivity index (χ2n) is 4.65. The molecule has 0 aromatic carbocycles. The molecular formula is C11H22N2O. The Hall–Kier alpha value is -0.730. The molecule has 0 spiro atoms. The van der Waals surface area contributed by atoms with Crippen LogP contribution in [-0.2, 0) is 0 Å². The minimum atomic E-state index is -0.238. The third-order valence-electron chi connectivity index (χ3n) is 3.00. The van der Waals surface area contributed by atoms with Gasteiger partial charge in [-0.3, -0.25) is 0 Å². The summed E-state index contributed by atoms with van der Waals surface area (Å²) in [7, 11) is 0. The fourth-order valence-electron chi connectivity index (χ4n) is 2.09. The van der Waals surface area contributed by atoms with E-state index in [0.717, 1.165) is 25.8 Å². The lowest BCUT2D eigenvalue weighted by molar-refractivity contribution is 0.180. The molecule has 3 heteroatoms. The van der Waals surface area contributed by atoms with Crippen molar-refractivity contribution >= 4 is 6.03 Å². The number of nitrogens with two attached hydrogens (primary N) is 1. The van der Waals surface area contributed by atoms with Crippen LogP contribution in [0.5, 0.6) is 0 Å². The smallest absolute Gasteiger partial charge is 0.315 e. The van der Waals surface area contributed by atoms with Gasteiger partial charge in [-0.15, -0.1) is 0 Å². The second-order valence-corrected chi connectivity index (χ2v) is 4.65. The lowest BCUT2D eigenvalue weighted by atomic mass is 10.1. The van der Waals surface area contributed by atoms with Crippen LogP contribution in [-0.4, -0.2) is 23.5 Å². The average molecular weight is 198 g/mol. The van der Waals surface area contributed by atoms with Gasteiger partial charge in [-0.25, -0.2) is 4.79 Å². The summed E-state index contributed by atoms with van der Waals surface area (Å²) in [5.41, 5.74) is 5.39. The van der Waals surface area contributed by atoms with Crippen LogP contribution in [0, 0.1) is 5.92 Å². The van der Waals surface area contributed by atoms with Gasteiger partial charge in [0.2, 0.25) is 0 Å². The van der Waals surface area contributed by atoms with Gasteiger partial charge in [0, 0.05) is 12.6 Å². The predicted octanol–water partition coefficient (Wildman–Crippen LogP) is 2.36. The zero-order valence-electron chi connectivity index (χ0n) is 9.33. The van der Waals surface area contributed by atoms with Crippen LogP contribution in [0.1, 0.15) is 46.0 Å². The summed E-state index contributed by atoms with van der Waals surface area (Å²) >= 11 is 0. The van der Waals surface area contributed by atoms with Crippen LogP contribution >= 0.6 is 0 Å². The Bertz CT molecular complexity index is 186. The lowest BCUT2D eigenvalue weighted by Crippen LogP contribution is -2.43. The van der Waals surface area contributed by atoms with Gasteiger partial charge in [0.25, 0.3) is 0 Å². The molecule has 82 valence electrons. The fourth-order valence-corrected chi connectivity index (χ4v) is 2.09. The first-order valence-electron chi connectivity index (χ1n) is 5.67. The normalized spacial score (nSPS) is 17.6. The average Bonchev–Trinajstić information content (AvgIpc) is 2.56. The molecule has 2 N–H and O–H groups in total. The number of hydrogen-bond acceptors (Lipinski definition) is 1. The van der Waals surface area contributed by atoms with E-state index in [-0.39, 0.29) is 6.03 Å². The largest absolute Gasteiger partial charge is 0.351 e. The van der Waals surface area contributed by atoms with Crippen LogP contribution in [0.4, 0.5) is 4.79 Å². The Morgan fingerprint density at radius 3 is 2.43 bits per heavy atom. The third-order valence-corrected chi connectivity index (χ3v) is 3.00. The van der Waals surface area contributed by atoms with Crippen LogP contribution in [0.2, 0.25) is 0 Å². The predicted molar refractivity (Wildman–Crippen MR) is 58.0 cm³/mol. The van der Waals surface area contributed by atoms with Crippen LogP contribution < -0.4 is 5.73 Å². The highest BCUT2D eigenvalue weighted by Crippen LogP contribution is 2.23. The second kappa shape index (κ2) is 5.23. The Balaban J connectivity index is 2.42. The minimum Gasteiger partial charge on any atom is -0.351 e. The first-order chi connectivity index (χ1) is 6.61. The molecule has 0 atom stereocenters. The highest BCUT2D eigenvalue weighted by Gasteiger charge is 2.24. The molecule has 2 amide bonds. The van der Waals surface area contributed by atoms with Crippen LogP contribution in [0.25, 0.3) is 0 Å². The number of nitrogens with zero attached hydrogens (tertiary/aromatic N) is 1. The van der Waals surface area contributed by atoms with Gasteiger partial charge in [0.05, 0.1) is 0 Å². The molecule has 0 unspecified atom stereocenters. The van der Waals surface area contributed by atoms with Crippen molar-refractivity contribution in [1.29, 1.82) is 0 Å². The van der Waals surface area contributed by atoms with E-state index in [0.29, 0.717) is 12.0 Å². The molecular weight excluding hydrogens is 176 g/mol. The van der Waals surface area contributed by atoms with Crippen molar-refractivity contribution in [2.45, 2.75) is 52.0 Å². The van der Waals surface area contributed by atoms with Gasteiger partial charge in [-0.05, 0) is 25.2 Å². The maximum Gasteiger partial charge on any atom is 0.315 e. The molecule has 0 heterocycles. The van der Waals surface area contributed by atoms with Gasteiger partial charge in [0.1, 0.15) is 0 Å². The van der Waals surface area contributed by atoms with Crippen LogP contribution in [0.15, 0.2) is 0 Å². The maximum absolute atomic E-state index is 11.2. The summed E-state index contributed by atoms with van der Waals surface area (Å²) in [6.45, 7) is 5.18. The quantitative estimate of drug-likeness (QED) is 0.740. The standard InChI is InChI=1S/C11H22N2O/c1-9(2)7-8-13(11(12)14)10-5-3-4-6-10/h9-10H,3-8H2,1-2H3,(H2,12,14). The Morgan fingerprint density at radius 2 is 2.00 bits per heavy atom. The van der Waals surface area contributed by atoms with Gasteiger partial charge in [-0.1, -0.05) is 26.7 Å². The summed E-state index contributed by atoms with van der Waals surface area (Å²) in [5, 5.41) is 0. The minimum absolute atomic E-state index is 0.238.